The molecule has 0 aliphatic rings. The van der Waals surface area contributed by atoms with E-state index in [2.05, 4.69) is 16.0 Å². The van der Waals surface area contributed by atoms with E-state index in [1.807, 2.05) is 0 Å². The highest BCUT2D eigenvalue weighted by Crippen LogP contribution is 2.11. The number of amides is 4. The first kappa shape index (κ1) is 30.4. The van der Waals surface area contributed by atoms with Gasteiger partial charge in [-0.1, -0.05) is 24.3 Å². The van der Waals surface area contributed by atoms with E-state index in [0.717, 1.165) is 0 Å². The van der Waals surface area contributed by atoms with Crippen LogP contribution in [0.2, 0.25) is 0 Å². The number of hydrogen-bond acceptors (Lipinski definition) is 7. The molecule has 206 valence electrons. The Labute approximate surface area is 222 Å². The van der Waals surface area contributed by atoms with Crippen LogP contribution in [-0.2, 0) is 42.8 Å². The van der Waals surface area contributed by atoms with Gasteiger partial charge in [0.05, 0.1) is 12.6 Å². The number of nitrogens with two attached hydrogens (primary N) is 2. The summed E-state index contributed by atoms with van der Waals surface area (Å²) in [4.78, 5) is 49.6. The van der Waals surface area contributed by atoms with E-state index in [0.29, 0.717) is 11.1 Å². The van der Waals surface area contributed by atoms with Crippen LogP contribution >= 0.6 is 0 Å². The van der Waals surface area contributed by atoms with Crippen molar-refractivity contribution in [1.82, 2.24) is 16.0 Å². The molecule has 11 nitrogen and oxygen atoms in total. The summed E-state index contributed by atoms with van der Waals surface area (Å²) in [6.07, 6.45) is 1.65. The summed E-state index contributed by atoms with van der Waals surface area (Å²) >= 11 is 0. The van der Waals surface area contributed by atoms with Gasteiger partial charge < -0.3 is 32.5 Å². The number of primary amides is 1. The van der Waals surface area contributed by atoms with Crippen molar-refractivity contribution >= 4 is 34.4 Å². The first-order valence-electron chi connectivity index (χ1n) is 11.7. The van der Waals surface area contributed by atoms with Gasteiger partial charge in [-0.3, -0.25) is 23.4 Å². The average molecular weight is 550 g/mol. The summed E-state index contributed by atoms with van der Waals surface area (Å²) in [7, 11) is -1.25. The van der Waals surface area contributed by atoms with Crippen molar-refractivity contribution in [2.75, 3.05) is 18.6 Å². The first-order chi connectivity index (χ1) is 17.9. The van der Waals surface area contributed by atoms with Crippen LogP contribution in [0.5, 0.6) is 5.75 Å². The Kier molecular flexibility index (Phi) is 11.8. The zero-order chi connectivity index (χ0) is 28.2. The molecule has 2 aromatic rings. The molecule has 38 heavy (non-hydrogen) atoms. The minimum absolute atomic E-state index is 0.0230. The third-order valence-electron chi connectivity index (χ3n) is 5.51. The van der Waals surface area contributed by atoms with Crippen LogP contribution in [0.1, 0.15) is 17.5 Å². The van der Waals surface area contributed by atoms with Gasteiger partial charge in [0, 0.05) is 29.2 Å². The molecule has 0 aromatic heterocycles. The summed E-state index contributed by atoms with van der Waals surface area (Å²) in [5.41, 5.74) is 12.6. The van der Waals surface area contributed by atoms with Crippen molar-refractivity contribution in [3.05, 3.63) is 65.5 Å². The second-order valence-electron chi connectivity index (χ2n) is 8.68. The fourth-order valence-corrected chi connectivity index (χ4v) is 3.99. The van der Waals surface area contributed by atoms with E-state index < -0.39 is 64.9 Å². The number of phenols is 1. The maximum atomic E-state index is 13.1. The molecule has 0 bridgehead atoms. The van der Waals surface area contributed by atoms with Crippen molar-refractivity contribution in [3.8, 4) is 5.75 Å². The lowest BCUT2D eigenvalue weighted by molar-refractivity contribution is -0.131. The van der Waals surface area contributed by atoms with E-state index >= 15 is 0 Å². The lowest BCUT2D eigenvalue weighted by atomic mass is 10.0. The van der Waals surface area contributed by atoms with Crippen LogP contribution in [0.4, 0.5) is 4.39 Å². The predicted octanol–water partition coefficient (Wildman–Crippen LogP) is -1.02. The second kappa shape index (κ2) is 14.8. The smallest absolute Gasteiger partial charge is 0.243 e. The van der Waals surface area contributed by atoms with Gasteiger partial charge in [-0.05, 0) is 48.2 Å². The van der Waals surface area contributed by atoms with Crippen molar-refractivity contribution in [1.29, 1.82) is 0 Å². The van der Waals surface area contributed by atoms with E-state index in [1.165, 1.54) is 42.7 Å². The molecule has 0 aliphatic carbocycles. The molecule has 8 N–H and O–H groups in total. The van der Waals surface area contributed by atoms with Crippen molar-refractivity contribution in [3.63, 3.8) is 0 Å². The van der Waals surface area contributed by atoms with Crippen LogP contribution in [0.3, 0.4) is 0 Å². The van der Waals surface area contributed by atoms with E-state index in [4.69, 9.17) is 11.5 Å². The average Bonchev–Trinajstić information content (AvgIpc) is 2.86. The molecule has 4 atom stereocenters. The number of benzene rings is 2. The number of halogens is 1. The SMILES string of the molecule is CS(=O)CCC(NC(=O)C(N)Cc1ccc(O)cc1)C(=O)NCC(=O)NC(Cc1ccc(F)cc1)C(N)=O. The van der Waals surface area contributed by atoms with Gasteiger partial charge in [0.1, 0.15) is 23.7 Å². The quantitative estimate of drug-likeness (QED) is 0.174. The largest absolute Gasteiger partial charge is 0.508 e. The van der Waals surface area contributed by atoms with Gasteiger partial charge in [0.2, 0.25) is 23.6 Å². The van der Waals surface area contributed by atoms with Gasteiger partial charge in [-0.25, -0.2) is 4.39 Å². The Hall–Kier alpha value is -3.84. The van der Waals surface area contributed by atoms with Gasteiger partial charge >= 0.3 is 0 Å². The Morgan fingerprint density at radius 2 is 1.50 bits per heavy atom. The molecule has 0 saturated carbocycles. The number of carbonyl (C=O) groups excluding carboxylic acids is 4. The minimum Gasteiger partial charge on any atom is -0.508 e. The van der Waals surface area contributed by atoms with Gasteiger partial charge in [-0.15, -0.1) is 0 Å². The molecular formula is C25H32FN5O6S. The molecule has 2 aromatic carbocycles. The predicted molar refractivity (Wildman–Crippen MR) is 140 cm³/mol. The maximum Gasteiger partial charge on any atom is 0.243 e. The topological polar surface area (TPSA) is 194 Å². The summed E-state index contributed by atoms with van der Waals surface area (Å²) in [6, 6.07) is 8.26. The Morgan fingerprint density at radius 1 is 0.921 bits per heavy atom. The first-order valence-corrected chi connectivity index (χ1v) is 13.4. The zero-order valence-electron chi connectivity index (χ0n) is 20.8. The Morgan fingerprint density at radius 3 is 2.08 bits per heavy atom. The summed E-state index contributed by atoms with van der Waals surface area (Å²) in [5, 5.41) is 16.7. The van der Waals surface area contributed by atoms with E-state index in [9.17, 15) is 32.9 Å². The Bertz CT molecular complexity index is 1150. The molecule has 2 rings (SSSR count). The number of carbonyl (C=O) groups is 4. The highest BCUT2D eigenvalue weighted by molar-refractivity contribution is 7.84. The third-order valence-corrected chi connectivity index (χ3v) is 6.32. The highest BCUT2D eigenvalue weighted by Gasteiger charge is 2.25. The normalized spacial score (nSPS) is 14.0. The molecule has 0 radical (unpaired) electrons. The van der Waals surface area contributed by atoms with Gasteiger partial charge in [-0.2, -0.15) is 0 Å². The molecule has 13 heteroatoms. The number of nitrogens with one attached hydrogen (secondary N) is 3. The van der Waals surface area contributed by atoms with E-state index in [-0.39, 0.29) is 30.8 Å². The summed E-state index contributed by atoms with van der Waals surface area (Å²) in [6.45, 7) is -0.521. The van der Waals surface area contributed by atoms with Gasteiger partial charge in [0.25, 0.3) is 0 Å². The molecule has 0 aliphatic heterocycles. The lowest BCUT2D eigenvalue weighted by Crippen LogP contribution is -2.54. The number of hydrogen-bond donors (Lipinski definition) is 6. The van der Waals surface area contributed by atoms with E-state index in [1.54, 1.807) is 12.1 Å². The molecule has 4 unspecified atom stereocenters. The zero-order valence-corrected chi connectivity index (χ0v) is 21.6. The van der Waals surface area contributed by atoms with Crippen molar-refractivity contribution < 1.29 is 32.9 Å². The van der Waals surface area contributed by atoms with Crippen LogP contribution in [0, 0.1) is 5.82 Å². The fourth-order valence-electron chi connectivity index (χ4n) is 3.42. The minimum atomic E-state index is -1.25. The number of phenolic OH excluding ortho intramolecular Hbond substituents is 1. The molecular weight excluding hydrogens is 517 g/mol. The standard InChI is InChI=1S/C25H32FN5O6S/c1-38(37)11-10-20(31-24(35)19(27)12-15-4-8-18(32)9-5-15)25(36)29-14-22(33)30-21(23(28)34)13-16-2-6-17(26)7-3-16/h2-9,19-21,32H,10-14,27H2,1H3,(H2,28,34)(H,29,36)(H,30,33)(H,31,35). The second-order valence-corrected chi connectivity index (χ2v) is 10.2. The molecule has 0 fully saturated rings. The molecule has 0 saturated heterocycles. The summed E-state index contributed by atoms with van der Waals surface area (Å²) in [5.74, 6) is -3.13. The highest BCUT2D eigenvalue weighted by atomic mass is 32.2. The summed E-state index contributed by atoms with van der Waals surface area (Å²) < 4.78 is 24.7. The number of rotatable bonds is 14. The van der Waals surface area contributed by atoms with Crippen molar-refractivity contribution in [2.45, 2.75) is 37.4 Å². The van der Waals surface area contributed by atoms with Crippen LogP contribution < -0.4 is 27.4 Å². The third kappa shape index (κ3) is 10.6. The lowest BCUT2D eigenvalue weighted by Gasteiger charge is -2.21. The van der Waals surface area contributed by atoms with Crippen LogP contribution in [0.15, 0.2) is 48.5 Å². The molecule has 0 spiro atoms. The van der Waals surface area contributed by atoms with Gasteiger partial charge in [0.15, 0.2) is 0 Å². The molecule has 4 amide bonds. The van der Waals surface area contributed by atoms with Crippen molar-refractivity contribution in [2.24, 2.45) is 11.5 Å². The van der Waals surface area contributed by atoms with Crippen LogP contribution in [-0.4, -0.2) is 69.6 Å². The molecule has 0 heterocycles. The fraction of sp³-hybridized carbons (Fsp3) is 0.360. The number of aromatic hydroxyl groups is 1. The monoisotopic (exact) mass is 549 g/mol. The maximum absolute atomic E-state index is 13.1. The van der Waals surface area contributed by atoms with Crippen LogP contribution in [0.25, 0.3) is 0 Å². The Balaban J connectivity index is 1.95.